The Labute approximate surface area is 103 Å². The summed E-state index contributed by atoms with van der Waals surface area (Å²) in [5.74, 6) is -0.338. The van der Waals surface area contributed by atoms with E-state index in [9.17, 15) is 15.0 Å². The molecule has 0 aliphatic carbocycles. The van der Waals surface area contributed by atoms with Crippen molar-refractivity contribution in [2.45, 2.75) is 51.7 Å². The molecule has 1 atom stereocenters. The summed E-state index contributed by atoms with van der Waals surface area (Å²) in [5, 5.41) is 19.6. The van der Waals surface area contributed by atoms with Gasteiger partial charge in [0.2, 0.25) is 0 Å². The van der Waals surface area contributed by atoms with Gasteiger partial charge in [-0.1, -0.05) is 19.9 Å². The van der Waals surface area contributed by atoms with Crippen LogP contribution in [0.1, 0.15) is 40.5 Å². The summed E-state index contributed by atoms with van der Waals surface area (Å²) in [6.45, 7) is 10.1. The van der Waals surface area contributed by atoms with Crippen LogP contribution < -0.4 is 10.9 Å². The van der Waals surface area contributed by atoms with E-state index in [2.05, 4.69) is 17.4 Å². The second kappa shape index (κ2) is 6.14. The van der Waals surface area contributed by atoms with Gasteiger partial charge < -0.3 is 10.2 Å². The van der Waals surface area contributed by atoms with Crippen LogP contribution in [-0.4, -0.2) is 33.9 Å². The smallest absolute Gasteiger partial charge is 0.260 e. The Morgan fingerprint density at radius 2 is 1.94 bits per heavy atom. The highest BCUT2D eigenvalue weighted by Crippen LogP contribution is 2.26. The molecule has 1 unspecified atom stereocenters. The van der Waals surface area contributed by atoms with E-state index in [1.165, 1.54) is 0 Å². The third-order valence-electron chi connectivity index (χ3n) is 2.96. The van der Waals surface area contributed by atoms with Crippen molar-refractivity contribution in [2.24, 2.45) is 0 Å². The molecule has 0 bridgehead atoms. The van der Waals surface area contributed by atoms with Crippen molar-refractivity contribution < 1.29 is 15.0 Å². The van der Waals surface area contributed by atoms with Crippen molar-refractivity contribution in [3.8, 4) is 0 Å². The zero-order valence-corrected chi connectivity index (χ0v) is 11.1. The largest absolute Gasteiger partial charge is 0.393 e. The summed E-state index contributed by atoms with van der Waals surface area (Å²) < 4.78 is 0. The van der Waals surface area contributed by atoms with Crippen molar-refractivity contribution >= 4 is 5.91 Å². The lowest BCUT2D eigenvalue weighted by Crippen LogP contribution is -2.65. The average molecular weight is 244 g/mol. The molecule has 0 spiro atoms. The minimum atomic E-state index is -1.29. The number of hydrogen-bond acceptors (Lipinski definition) is 4. The second-order valence-electron chi connectivity index (χ2n) is 4.92. The molecule has 0 rings (SSSR count). The highest BCUT2D eigenvalue weighted by Gasteiger charge is 2.42. The second-order valence-corrected chi connectivity index (χ2v) is 4.92. The normalized spacial score (nSPS) is 15.2. The van der Waals surface area contributed by atoms with Crippen molar-refractivity contribution in [1.29, 1.82) is 0 Å². The van der Waals surface area contributed by atoms with Crippen molar-refractivity contribution in [3.05, 3.63) is 12.2 Å². The molecule has 100 valence electrons. The number of rotatable bonds is 7. The van der Waals surface area contributed by atoms with Gasteiger partial charge in [0.1, 0.15) is 5.60 Å². The molecule has 0 aromatic heterocycles. The van der Waals surface area contributed by atoms with Crippen LogP contribution in [0.5, 0.6) is 0 Å². The number of carbonyl (C=O) groups is 1. The van der Waals surface area contributed by atoms with E-state index in [0.29, 0.717) is 12.0 Å². The molecule has 0 aliphatic heterocycles. The summed E-state index contributed by atoms with van der Waals surface area (Å²) in [4.78, 5) is 11.3. The molecule has 0 heterocycles. The molecule has 5 heteroatoms. The van der Waals surface area contributed by atoms with E-state index >= 15 is 0 Å². The summed E-state index contributed by atoms with van der Waals surface area (Å²) >= 11 is 0. The maximum atomic E-state index is 11.3. The van der Waals surface area contributed by atoms with Gasteiger partial charge in [-0.2, -0.15) is 0 Å². The van der Waals surface area contributed by atoms with Gasteiger partial charge in [-0.25, -0.2) is 5.43 Å². The van der Waals surface area contributed by atoms with Gasteiger partial charge in [-0.05, 0) is 27.2 Å². The first-order chi connectivity index (χ1) is 7.70. The van der Waals surface area contributed by atoms with E-state index in [0.717, 1.165) is 6.42 Å². The lowest BCUT2D eigenvalue weighted by molar-refractivity contribution is -0.122. The Balaban J connectivity index is 4.64. The van der Waals surface area contributed by atoms with Gasteiger partial charge in [0, 0.05) is 5.57 Å². The van der Waals surface area contributed by atoms with Gasteiger partial charge in [0.05, 0.1) is 12.1 Å². The monoisotopic (exact) mass is 244 g/mol. The number of hydrazine groups is 1. The maximum Gasteiger partial charge on any atom is 0.260 e. The van der Waals surface area contributed by atoms with E-state index in [1.807, 2.05) is 6.92 Å². The summed E-state index contributed by atoms with van der Waals surface area (Å²) in [5.41, 5.74) is 3.45. The molecule has 0 fully saturated rings. The fraction of sp³-hybridized carbons (Fsp3) is 0.750. The number of amides is 1. The minimum absolute atomic E-state index is 0.338. The quantitative estimate of drug-likeness (QED) is 0.388. The first-order valence-electron chi connectivity index (χ1n) is 5.76. The first-order valence-corrected chi connectivity index (χ1v) is 5.76. The van der Waals surface area contributed by atoms with Crippen LogP contribution in [0.15, 0.2) is 12.2 Å². The standard InChI is InChI=1S/C12H24N2O3/c1-6-7-12(17,8-15)11(4,5)14-13-10(16)9(2)3/h14-15,17H,2,6-8H2,1,3-5H3,(H,13,16). The van der Waals surface area contributed by atoms with Crippen LogP contribution in [0.4, 0.5) is 0 Å². The number of hydrogen-bond donors (Lipinski definition) is 4. The topological polar surface area (TPSA) is 81.6 Å². The zero-order chi connectivity index (χ0) is 13.7. The average Bonchev–Trinajstić information content (AvgIpc) is 2.25. The van der Waals surface area contributed by atoms with Crippen LogP contribution >= 0.6 is 0 Å². The lowest BCUT2D eigenvalue weighted by atomic mass is 9.80. The predicted octanol–water partition coefficient (Wildman–Crippen LogP) is 0.485. The van der Waals surface area contributed by atoms with Gasteiger partial charge in [0.15, 0.2) is 0 Å². The fourth-order valence-electron chi connectivity index (χ4n) is 1.44. The molecular formula is C12H24N2O3. The summed E-state index contributed by atoms with van der Waals surface area (Å²) in [6, 6.07) is 0. The van der Waals surface area contributed by atoms with Crippen molar-refractivity contribution in [3.63, 3.8) is 0 Å². The first kappa shape index (κ1) is 16.1. The number of carbonyl (C=O) groups excluding carboxylic acids is 1. The van der Waals surface area contributed by atoms with E-state index in [-0.39, 0.29) is 12.5 Å². The highest BCUT2D eigenvalue weighted by molar-refractivity contribution is 5.91. The Bertz CT molecular complexity index is 289. The zero-order valence-electron chi connectivity index (χ0n) is 11.1. The Morgan fingerprint density at radius 1 is 1.41 bits per heavy atom. The van der Waals surface area contributed by atoms with Crippen LogP contribution in [-0.2, 0) is 4.79 Å². The van der Waals surface area contributed by atoms with Crippen LogP contribution in [0.2, 0.25) is 0 Å². The molecule has 0 saturated heterocycles. The van der Waals surface area contributed by atoms with E-state index in [4.69, 9.17) is 0 Å². The highest BCUT2D eigenvalue weighted by atomic mass is 16.3. The van der Waals surface area contributed by atoms with E-state index < -0.39 is 11.1 Å². The lowest BCUT2D eigenvalue weighted by Gasteiger charge is -2.42. The Hall–Kier alpha value is -0.910. The van der Waals surface area contributed by atoms with Crippen molar-refractivity contribution in [2.75, 3.05) is 6.61 Å². The Morgan fingerprint density at radius 3 is 2.29 bits per heavy atom. The molecule has 0 aromatic rings. The van der Waals surface area contributed by atoms with Crippen LogP contribution in [0.3, 0.4) is 0 Å². The third kappa shape index (κ3) is 4.11. The molecular weight excluding hydrogens is 220 g/mol. The molecule has 0 saturated carbocycles. The summed E-state index contributed by atoms with van der Waals surface area (Å²) in [6.07, 6.45) is 1.17. The number of nitrogens with one attached hydrogen (secondary N) is 2. The van der Waals surface area contributed by atoms with Crippen LogP contribution in [0.25, 0.3) is 0 Å². The molecule has 1 amide bonds. The van der Waals surface area contributed by atoms with Crippen molar-refractivity contribution in [1.82, 2.24) is 10.9 Å². The number of aliphatic hydroxyl groups excluding tert-OH is 1. The molecule has 0 radical (unpaired) electrons. The third-order valence-corrected chi connectivity index (χ3v) is 2.96. The van der Waals surface area contributed by atoms with Crippen LogP contribution in [0, 0.1) is 0 Å². The predicted molar refractivity (Wildman–Crippen MR) is 67.1 cm³/mol. The maximum absolute atomic E-state index is 11.3. The minimum Gasteiger partial charge on any atom is -0.393 e. The van der Waals surface area contributed by atoms with Gasteiger partial charge in [-0.15, -0.1) is 0 Å². The van der Waals surface area contributed by atoms with Gasteiger partial charge in [0.25, 0.3) is 5.91 Å². The molecule has 0 aromatic carbocycles. The van der Waals surface area contributed by atoms with E-state index in [1.54, 1.807) is 20.8 Å². The van der Waals surface area contributed by atoms with Gasteiger partial charge in [-0.3, -0.25) is 10.2 Å². The number of aliphatic hydroxyl groups is 2. The molecule has 0 aliphatic rings. The molecule has 4 N–H and O–H groups in total. The fourth-order valence-corrected chi connectivity index (χ4v) is 1.44. The molecule has 5 nitrogen and oxygen atoms in total. The SMILES string of the molecule is C=C(C)C(=O)NNC(C)(C)C(O)(CO)CCC. The summed E-state index contributed by atoms with van der Waals surface area (Å²) in [7, 11) is 0. The van der Waals surface area contributed by atoms with Gasteiger partial charge >= 0.3 is 0 Å². The molecule has 17 heavy (non-hydrogen) atoms. The Kier molecular flexibility index (Phi) is 5.81.